The number of nitrogens with zero attached hydrogens (tertiary/aromatic N) is 1. The van der Waals surface area contributed by atoms with E-state index in [-0.39, 0.29) is 0 Å². The minimum absolute atomic E-state index is 0.489. The van der Waals surface area contributed by atoms with Gasteiger partial charge in [-0.15, -0.1) is 0 Å². The highest BCUT2D eigenvalue weighted by atomic mass is 19.1. The van der Waals surface area contributed by atoms with E-state index in [1.165, 1.54) is 12.1 Å². The van der Waals surface area contributed by atoms with Crippen LogP contribution in [0.2, 0.25) is 0 Å². The van der Waals surface area contributed by atoms with Gasteiger partial charge in [0.05, 0.1) is 0 Å². The molecule has 0 bridgehead atoms. The largest absolute Gasteiger partial charge is 0.314 e. The van der Waals surface area contributed by atoms with Crippen molar-refractivity contribution in [1.82, 2.24) is 10.2 Å². The number of hydrogen-bond acceptors (Lipinski definition) is 2. The number of halogens is 2. The molecule has 1 atom stereocenters. The summed E-state index contributed by atoms with van der Waals surface area (Å²) in [5.74, 6) is -0.977. The van der Waals surface area contributed by atoms with Gasteiger partial charge in [0.2, 0.25) is 0 Å². The van der Waals surface area contributed by atoms with Gasteiger partial charge in [0.1, 0.15) is 11.6 Å². The first-order valence-corrected chi connectivity index (χ1v) is 6.58. The molecule has 0 spiro atoms. The van der Waals surface area contributed by atoms with Crippen LogP contribution in [0.4, 0.5) is 8.78 Å². The topological polar surface area (TPSA) is 15.3 Å². The van der Waals surface area contributed by atoms with E-state index in [0.717, 1.165) is 44.2 Å². The predicted molar refractivity (Wildman–Crippen MR) is 68.6 cm³/mol. The fourth-order valence-electron chi connectivity index (χ4n) is 2.53. The van der Waals surface area contributed by atoms with Crippen molar-refractivity contribution < 1.29 is 8.78 Å². The van der Waals surface area contributed by atoms with Crippen molar-refractivity contribution in [3.63, 3.8) is 0 Å². The van der Waals surface area contributed by atoms with Crippen molar-refractivity contribution in [3.8, 4) is 0 Å². The summed E-state index contributed by atoms with van der Waals surface area (Å²) in [5.41, 5.74) is 0.737. The van der Waals surface area contributed by atoms with Gasteiger partial charge in [0.25, 0.3) is 0 Å². The maximum absolute atomic E-state index is 13.1. The number of nitrogens with one attached hydrogen (secondary N) is 1. The zero-order valence-corrected chi connectivity index (χ0v) is 10.8. The Hall–Kier alpha value is -1.00. The van der Waals surface area contributed by atoms with Gasteiger partial charge in [-0.2, -0.15) is 0 Å². The van der Waals surface area contributed by atoms with Crippen molar-refractivity contribution in [2.24, 2.45) is 0 Å². The Morgan fingerprint density at radius 1 is 1.28 bits per heavy atom. The van der Waals surface area contributed by atoms with E-state index in [9.17, 15) is 8.78 Å². The van der Waals surface area contributed by atoms with Gasteiger partial charge in [-0.1, -0.05) is 6.92 Å². The molecule has 1 fully saturated rings. The second-order valence-corrected chi connectivity index (χ2v) is 4.83. The van der Waals surface area contributed by atoms with Crippen molar-refractivity contribution >= 4 is 0 Å². The monoisotopic (exact) mass is 254 g/mol. The van der Waals surface area contributed by atoms with E-state index in [0.29, 0.717) is 12.5 Å². The fraction of sp³-hybridized carbons (Fsp3) is 0.571. The van der Waals surface area contributed by atoms with E-state index in [1.807, 2.05) is 0 Å². The van der Waals surface area contributed by atoms with Gasteiger partial charge in [-0.3, -0.25) is 4.90 Å². The summed E-state index contributed by atoms with van der Waals surface area (Å²) in [6, 6.07) is 4.30. The average molecular weight is 254 g/mol. The third-order valence-corrected chi connectivity index (χ3v) is 3.55. The Bertz CT molecular complexity index is 375. The summed E-state index contributed by atoms with van der Waals surface area (Å²) < 4.78 is 26.1. The molecule has 0 saturated carbocycles. The van der Waals surface area contributed by atoms with E-state index < -0.39 is 11.6 Å². The number of benzene rings is 1. The van der Waals surface area contributed by atoms with Crippen LogP contribution in [-0.4, -0.2) is 37.1 Å². The average Bonchev–Trinajstić information content (AvgIpc) is 2.35. The molecule has 2 nitrogen and oxygen atoms in total. The first-order chi connectivity index (χ1) is 8.69. The number of hydrogen-bond donors (Lipinski definition) is 1. The Labute approximate surface area is 107 Å². The molecular weight excluding hydrogens is 234 g/mol. The van der Waals surface area contributed by atoms with E-state index >= 15 is 0 Å². The van der Waals surface area contributed by atoms with Gasteiger partial charge in [-0.25, -0.2) is 8.78 Å². The van der Waals surface area contributed by atoms with Gasteiger partial charge < -0.3 is 5.32 Å². The fourth-order valence-corrected chi connectivity index (χ4v) is 2.53. The highest BCUT2D eigenvalue weighted by Crippen LogP contribution is 2.12. The molecule has 4 heteroatoms. The molecule has 1 unspecified atom stereocenters. The standard InChI is InChI=1S/C14H20F2N2/c1-2-14-10-17-4-6-18(14)5-3-11-7-12(15)9-13(16)8-11/h7-9,14,17H,2-6,10H2,1H3. The van der Waals surface area contributed by atoms with Gasteiger partial charge in [-0.05, 0) is 30.5 Å². The molecule has 0 aromatic heterocycles. The molecule has 2 rings (SSSR count). The van der Waals surface area contributed by atoms with Crippen LogP contribution in [0.3, 0.4) is 0 Å². The summed E-state index contributed by atoms with van der Waals surface area (Å²) >= 11 is 0. The van der Waals surface area contributed by atoms with Crippen LogP contribution < -0.4 is 5.32 Å². The van der Waals surface area contributed by atoms with Gasteiger partial charge in [0.15, 0.2) is 0 Å². The zero-order chi connectivity index (χ0) is 13.0. The lowest BCUT2D eigenvalue weighted by Gasteiger charge is -2.35. The molecule has 1 aromatic rings. The summed E-state index contributed by atoms with van der Waals surface area (Å²) in [6.45, 7) is 6.05. The van der Waals surface area contributed by atoms with Crippen molar-refractivity contribution in [3.05, 3.63) is 35.4 Å². The van der Waals surface area contributed by atoms with Crippen molar-refractivity contribution in [2.75, 3.05) is 26.2 Å². The van der Waals surface area contributed by atoms with Gasteiger partial charge >= 0.3 is 0 Å². The minimum Gasteiger partial charge on any atom is -0.314 e. The second kappa shape index (κ2) is 6.25. The summed E-state index contributed by atoms with van der Waals surface area (Å²) in [5, 5.41) is 3.37. The summed E-state index contributed by atoms with van der Waals surface area (Å²) in [7, 11) is 0. The normalized spacial score (nSPS) is 21.2. The smallest absolute Gasteiger partial charge is 0.126 e. The molecule has 1 aromatic carbocycles. The SMILES string of the molecule is CCC1CNCCN1CCc1cc(F)cc(F)c1. The summed E-state index contributed by atoms with van der Waals surface area (Å²) in [4.78, 5) is 2.40. The molecule has 1 N–H and O–H groups in total. The second-order valence-electron chi connectivity index (χ2n) is 4.83. The molecule has 1 aliphatic heterocycles. The Morgan fingerprint density at radius 2 is 2.00 bits per heavy atom. The van der Waals surface area contributed by atoms with E-state index in [1.54, 1.807) is 0 Å². The predicted octanol–water partition coefficient (Wildman–Crippen LogP) is 2.19. The Morgan fingerprint density at radius 3 is 2.67 bits per heavy atom. The van der Waals surface area contributed by atoms with Crippen molar-refractivity contribution in [1.29, 1.82) is 0 Å². The number of rotatable bonds is 4. The van der Waals surface area contributed by atoms with Crippen LogP contribution in [0.25, 0.3) is 0 Å². The number of piperazine rings is 1. The lowest BCUT2D eigenvalue weighted by molar-refractivity contribution is 0.159. The molecule has 1 aliphatic rings. The van der Waals surface area contributed by atoms with Crippen LogP contribution in [0, 0.1) is 11.6 Å². The highest BCUT2D eigenvalue weighted by Gasteiger charge is 2.19. The third-order valence-electron chi connectivity index (χ3n) is 3.55. The van der Waals surface area contributed by atoms with Crippen LogP contribution in [0.5, 0.6) is 0 Å². The van der Waals surface area contributed by atoms with Gasteiger partial charge in [0, 0.05) is 38.3 Å². The molecule has 1 heterocycles. The minimum atomic E-state index is -0.489. The molecule has 0 amide bonds. The van der Waals surface area contributed by atoms with Crippen LogP contribution in [0.15, 0.2) is 18.2 Å². The maximum Gasteiger partial charge on any atom is 0.126 e. The lowest BCUT2D eigenvalue weighted by atomic mass is 10.1. The van der Waals surface area contributed by atoms with E-state index in [4.69, 9.17) is 0 Å². The lowest BCUT2D eigenvalue weighted by Crippen LogP contribution is -2.51. The van der Waals surface area contributed by atoms with Crippen molar-refractivity contribution in [2.45, 2.75) is 25.8 Å². The molecular formula is C14H20F2N2. The molecule has 18 heavy (non-hydrogen) atoms. The Balaban J connectivity index is 1.93. The molecule has 0 aliphatic carbocycles. The first-order valence-electron chi connectivity index (χ1n) is 6.58. The van der Waals surface area contributed by atoms with Crippen LogP contribution in [0.1, 0.15) is 18.9 Å². The van der Waals surface area contributed by atoms with Crippen LogP contribution in [-0.2, 0) is 6.42 Å². The first kappa shape index (κ1) is 13.4. The molecule has 0 radical (unpaired) electrons. The maximum atomic E-state index is 13.1. The van der Waals surface area contributed by atoms with E-state index in [2.05, 4.69) is 17.1 Å². The quantitative estimate of drug-likeness (QED) is 0.886. The molecule has 100 valence electrons. The zero-order valence-electron chi connectivity index (χ0n) is 10.8. The Kier molecular flexibility index (Phi) is 4.66. The third kappa shape index (κ3) is 3.50. The summed E-state index contributed by atoms with van der Waals surface area (Å²) in [6.07, 6.45) is 1.80. The van der Waals surface area contributed by atoms with Crippen LogP contribution >= 0.6 is 0 Å². The molecule has 1 saturated heterocycles. The highest BCUT2D eigenvalue weighted by molar-refractivity contribution is 5.18.